The second kappa shape index (κ2) is 3.37. The predicted molar refractivity (Wildman–Crippen MR) is 42.2 cm³/mol. The Morgan fingerprint density at radius 2 is 1.91 bits per heavy atom. The van der Waals surface area contributed by atoms with Crippen LogP contribution in [0.4, 0.5) is 0 Å². The van der Waals surface area contributed by atoms with Gasteiger partial charge < -0.3 is 9.47 Å². The van der Waals surface area contributed by atoms with Gasteiger partial charge in [0.2, 0.25) is 0 Å². The molecule has 0 N–H and O–H groups in total. The first-order chi connectivity index (χ1) is 5.47. The first kappa shape index (κ1) is 7.32. The van der Waals surface area contributed by atoms with E-state index in [4.69, 9.17) is 9.47 Å². The number of hydrogen-bond donors (Lipinski definition) is 0. The Kier molecular flexibility index (Phi) is 2.24. The summed E-state index contributed by atoms with van der Waals surface area (Å²) in [7, 11) is 0. The van der Waals surface area contributed by atoms with E-state index in [0.717, 1.165) is 19.6 Å². The van der Waals surface area contributed by atoms with E-state index in [1.807, 2.05) is 0 Å². The van der Waals surface area contributed by atoms with Crippen molar-refractivity contribution < 1.29 is 9.47 Å². The van der Waals surface area contributed by atoms with E-state index in [9.17, 15) is 0 Å². The molecule has 0 aromatic rings. The maximum Gasteiger partial charge on any atom is 0.160 e. The van der Waals surface area contributed by atoms with Crippen molar-refractivity contribution in [2.45, 2.75) is 25.6 Å². The highest BCUT2D eigenvalue weighted by atomic mass is 16.7. The van der Waals surface area contributed by atoms with Crippen LogP contribution in [0.25, 0.3) is 0 Å². The Morgan fingerprint density at radius 1 is 1.09 bits per heavy atom. The zero-order valence-electron chi connectivity index (χ0n) is 6.66. The Bertz CT molecular complexity index is 148. The third-order valence-electron chi connectivity index (χ3n) is 2.34. The topological polar surface area (TPSA) is 18.5 Å². The Labute approximate surface area is 67.2 Å². The van der Waals surface area contributed by atoms with E-state index in [1.54, 1.807) is 0 Å². The maximum atomic E-state index is 5.44. The van der Waals surface area contributed by atoms with Crippen LogP contribution < -0.4 is 0 Å². The molecule has 0 amide bonds. The monoisotopic (exact) mass is 154 g/mol. The van der Waals surface area contributed by atoms with Crippen molar-refractivity contribution in [3.8, 4) is 0 Å². The van der Waals surface area contributed by atoms with Gasteiger partial charge in [-0.3, -0.25) is 0 Å². The quantitative estimate of drug-likeness (QED) is 0.535. The molecule has 62 valence electrons. The smallest absolute Gasteiger partial charge is 0.160 e. The lowest BCUT2D eigenvalue weighted by Crippen LogP contribution is -2.22. The van der Waals surface area contributed by atoms with Gasteiger partial charge in [-0.2, -0.15) is 0 Å². The van der Waals surface area contributed by atoms with E-state index in [-0.39, 0.29) is 6.29 Å². The lowest BCUT2D eigenvalue weighted by atomic mass is 9.94. The molecule has 0 aromatic carbocycles. The van der Waals surface area contributed by atoms with Crippen molar-refractivity contribution in [2.75, 3.05) is 13.2 Å². The van der Waals surface area contributed by atoms with Crippen molar-refractivity contribution in [3.63, 3.8) is 0 Å². The molecular weight excluding hydrogens is 140 g/mol. The van der Waals surface area contributed by atoms with Crippen LogP contribution in [0.15, 0.2) is 12.2 Å². The molecular formula is C9H14O2. The zero-order valence-corrected chi connectivity index (χ0v) is 6.66. The molecule has 0 spiro atoms. The zero-order chi connectivity index (χ0) is 7.52. The van der Waals surface area contributed by atoms with Gasteiger partial charge in [-0.1, -0.05) is 12.2 Å². The highest BCUT2D eigenvalue weighted by molar-refractivity contribution is 4.91. The minimum atomic E-state index is 0.0972. The van der Waals surface area contributed by atoms with Crippen molar-refractivity contribution in [3.05, 3.63) is 12.2 Å². The lowest BCUT2D eigenvalue weighted by molar-refractivity contribution is -0.0852. The summed E-state index contributed by atoms with van der Waals surface area (Å²) in [5.41, 5.74) is 0. The molecule has 0 radical (unpaired) electrons. The second-order valence-corrected chi connectivity index (χ2v) is 3.15. The van der Waals surface area contributed by atoms with Gasteiger partial charge in [0.1, 0.15) is 0 Å². The fraction of sp³-hybridized carbons (Fsp3) is 0.778. The Morgan fingerprint density at radius 3 is 2.55 bits per heavy atom. The van der Waals surface area contributed by atoms with Crippen molar-refractivity contribution in [1.82, 2.24) is 0 Å². The van der Waals surface area contributed by atoms with Gasteiger partial charge in [0, 0.05) is 5.92 Å². The predicted octanol–water partition coefficient (Wildman–Crippen LogP) is 1.72. The van der Waals surface area contributed by atoms with E-state index >= 15 is 0 Å². The van der Waals surface area contributed by atoms with Crippen LogP contribution in [-0.4, -0.2) is 19.5 Å². The van der Waals surface area contributed by atoms with E-state index in [0.29, 0.717) is 5.92 Å². The molecule has 2 aliphatic rings. The van der Waals surface area contributed by atoms with Crippen LogP contribution in [-0.2, 0) is 9.47 Å². The fourth-order valence-corrected chi connectivity index (χ4v) is 1.71. The summed E-state index contributed by atoms with van der Waals surface area (Å²) in [5.74, 6) is 0.613. The van der Waals surface area contributed by atoms with Gasteiger partial charge in [0.25, 0.3) is 0 Å². The average Bonchev–Trinajstić information content (AvgIpc) is 2.58. The molecule has 1 aliphatic carbocycles. The molecule has 11 heavy (non-hydrogen) atoms. The van der Waals surface area contributed by atoms with Gasteiger partial charge in [0.05, 0.1) is 13.2 Å². The molecule has 1 atom stereocenters. The van der Waals surface area contributed by atoms with Gasteiger partial charge in [0.15, 0.2) is 6.29 Å². The standard InChI is InChI=1S/C9H14O2/c1-2-4-8(5-3-1)9-10-6-7-11-9/h1-2,8-9H,3-7H2. The van der Waals surface area contributed by atoms with Crippen LogP contribution in [0.3, 0.4) is 0 Å². The third-order valence-corrected chi connectivity index (χ3v) is 2.34. The van der Waals surface area contributed by atoms with Crippen molar-refractivity contribution >= 4 is 0 Å². The number of hydrogen-bond acceptors (Lipinski definition) is 2. The van der Waals surface area contributed by atoms with Crippen LogP contribution in [0, 0.1) is 5.92 Å². The highest BCUT2D eigenvalue weighted by Crippen LogP contribution is 2.26. The van der Waals surface area contributed by atoms with Gasteiger partial charge in [-0.05, 0) is 19.3 Å². The summed E-state index contributed by atoms with van der Waals surface area (Å²) in [5, 5.41) is 0. The highest BCUT2D eigenvalue weighted by Gasteiger charge is 2.26. The van der Waals surface area contributed by atoms with E-state index in [2.05, 4.69) is 12.2 Å². The Hall–Kier alpha value is -0.340. The Balaban J connectivity index is 1.88. The number of allylic oxidation sites excluding steroid dienone is 2. The molecule has 1 aliphatic heterocycles. The average molecular weight is 154 g/mol. The van der Waals surface area contributed by atoms with E-state index in [1.165, 1.54) is 12.8 Å². The summed E-state index contributed by atoms with van der Waals surface area (Å²) in [6.07, 6.45) is 8.12. The van der Waals surface area contributed by atoms with Crippen molar-refractivity contribution in [1.29, 1.82) is 0 Å². The van der Waals surface area contributed by atoms with Crippen molar-refractivity contribution in [2.24, 2.45) is 5.92 Å². The minimum absolute atomic E-state index is 0.0972. The minimum Gasteiger partial charge on any atom is -0.350 e. The molecule has 1 saturated heterocycles. The summed E-state index contributed by atoms with van der Waals surface area (Å²) >= 11 is 0. The first-order valence-corrected chi connectivity index (χ1v) is 4.35. The summed E-state index contributed by atoms with van der Waals surface area (Å²) in [6.45, 7) is 1.57. The maximum absolute atomic E-state index is 5.44. The summed E-state index contributed by atoms with van der Waals surface area (Å²) in [4.78, 5) is 0. The van der Waals surface area contributed by atoms with Gasteiger partial charge in [-0.15, -0.1) is 0 Å². The van der Waals surface area contributed by atoms with Gasteiger partial charge in [-0.25, -0.2) is 0 Å². The molecule has 1 fully saturated rings. The SMILES string of the molecule is C1=CCC(C2OCCO2)CC1. The second-order valence-electron chi connectivity index (χ2n) is 3.15. The van der Waals surface area contributed by atoms with Crippen LogP contribution >= 0.6 is 0 Å². The molecule has 1 unspecified atom stereocenters. The lowest BCUT2D eigenvalue weighted by Gasteiger charge is -2.22. The van der Waals surface area contributed by atoms with E-state index < -0.39 is 0 Å². The van der Waals surface area contributed by atoms with Gasteiger partial charge >= 0.3 is 0 Å². The molecule has 0 saturated carbocycles. The molecule has 2 heteroatoms. The first-order valence-electron chi connectivity index (χ1n) is 4.35. The van der Waals surface area contributed by atoms with Crippen LogP contribution in [0.1, 0.15) is 19.3 Å². The normalized spacial score (nSPS) is 32.9. The van der Waals surface area contributed by atoms with Crippen LogP contribution in [0.5, 0.6) is 0 Å². The molecule has 1 heterocycles. The number of rotatable bonds is 1. The largest absolute Gasteiger partial charge is 0.350 e. The molecule has 2 nitrogen and oxygen atoms in total. The van der Waals surface area contributed by atoms with Crippen LogP contribution in [0.2, 0.25) is 0 Å². The molecule has 2 rings (SSSR count). The number of ether oxygens (including phenoxy) is 2. The third kappa shape index (κ3) is 1.63. The summed E-state index contributed by atoms with van der Waals surface area (Å²) in [6, 6.07) is 0. The fourth-order valence-electron chi connectivity index (χ4n) is 1.71. The summed E-state index contributed by atoms with van der Waals surface area (Å²) < 4.78 is 10.9. The molecule has 0 aromatic heterocycles. The molecule has 0 bridgehead atoms.